The fraction of sp³-hybridized carbons (Fsp3) is 0.441. The molecule has 206 valence electrons. The summed E-state index contributed by atoms with van der Waals surface area (Å²) in [6, 6.07) is 11.4. The predicted octanol–water partition coefficient (Wildman–Crippen LogP) is 8.35. The van der Waals surface area contributed by atoms with Crippen molar-refractivity contribution in [2.75, 3.05) is 0 Å². The van der Waals surface area contributed by atoms with E-state index in [1.807, 2.05) is 6.33 Å². The number of aryl methyl sites for hydroxylation is 2. The Labute approximate surface area is 241 Å². The van der Waals surface area contributed by atoms with Gasteiger partial charge >= 0.3 is 0 Å². The monoisotopic (exact) mass is 550 g/mol. The number of fused-ring (bicyclic) bond motifs is 2. The third-order valence-electron chi connectivity index (χ3n) is 8.31. The maximum absolute atomic E-state index is 5.00. The number of aromatic nitrogens is 5. The van der Waals surface area contributed by atoms with Crippen LogP contribution in [0.5, 0.6) is 0 Å². The molecule has 1 saturated carbocycles. The Bertz CT molecular complexity index is 1710. The van der Waals surface area contributed by atoms with E-state index in [1.165, 1.54) is 63.5 Å². The van der Waals surface area contributed by atoms with Gasteiger partial charge in [-0.25, -0.2) is 19.5 Å². The van der Waals surface area contributed by atoms with Gasteiger partial charge in [-0.15, -0.1) is 11.3 Å². The molecule has 1 aliphatic carbocycles. The van der Waals surface area contributed by atoms with Crippen LogP contribution in [0.15, 0.2) is 42.0 Å². The van der Waals surface area contributed by atoms with Gasteiger partial charge in [0.15, 0.2) is 11.5 Å². The van der Waals surface area contributed by atoms with Crippen molar-refractivity contribution < 1.29 is 4.57 Å². The van der Waals surface area contributed by atoms with Gasteiger partial charge in [0.2, 0.25) is 5.52 Å². The normalized spacial score (nSPS) is 15.0. The average Bonchev–Trinajstić information content (AvgIpc) is 3.59. The van der Waals surface area contributed by atoms with Gasteiger partial charge in [0.25, 0.3) is 6.33 Å². The van der Waals surface area contributed by atoms with Crippen LogP contribution in [0.2, 0.25) is 0 Å². The lowest BCUT2D eigenvalue weighted by Crippen LogP contribution is -2.31. The molecule has 3 heterocycles. The standard InChI is InChI=1S/C34H40N5S/c1-20-22-15-11-12-16-23(22)25(21-13-9-10-14-21)17-24(20)28-29-27(35-19-39(28)8)26(18-40-29)30-36-31(33(2,3)4)38-32(37-30)34(5,6)7/h11-12,15-19,21H,9-10,13-14H2,1-8H3/q+1. The van der Waals surface area contributed by atoms with E-state index in [4.69, 9.17) is 19.9 Å². The van der Waals surface area contributed by atoms with Gasteiger partial charge in [0, 0.05) is 21.8 Å². The fourth-order valence-electron chi connectivity index (χ4n) is 6.02. The molecule has 5 nitrogen and oxygen atoms in total. The van der Waals surface area contributed by atoms with Crippen molar-refractivity contribution in [1.82, 2.24) is 19.9 Å². The van der Waals surface area contributed by atoms with E-state index in [0.717, 1.165) is 22.7 Å². The zero-order valence-electron chi connectivity index (χ0n) is 25.1. The van der Waals surface area contributed by atoms with E-state index in [0.29, 0.717) is 11.7 Å². The highest BCUT2D eigenvalue weighted by Crippen LogP contribution is 2.43. The highest BCUT2D eigenvalue weighted by Gasteiger charge is 2.29. The minimum Gasteiger partial charge on any atom is -0.231 e. The molecule has 0 bridgehead atoms. The van der Waals surface area contributed by atoms with Crippen molar-refractivity contribution in [3.8, 4) is 22.6 Å². The van der Waals surface area contributed by atoms with Crippen molar-refractivity contribution in [1.29, 1.82) is 0 Å². The SMILES string of the molecule is Cc1c(-c2c3scc(-c4nc(C(C)(C)C)nc(C(C)(C)C)n4)c3nc[n+]2C)cc(C2CCCC2)c2ccccc12. The molecule has 6 heteroatoms. The van der Waals surface area contributed by atoms with Crippen LogP contribution in [-0.2, 0) is 17.9 Å². The van der Waals surface area contributed by atoms with Crippen LogP contribution in [0.1, 0.15) is 95.9 Å². The van der Waals surface area contributed by atoms with Gasteiger partial charge < -0.3 is 0 Å². The van der Waals surface area contributed by atoms with E-state index in [-0.39, 0.29) is 10.8 Å². The Kier molecular flexibility index (Phi) is 6.53. The van der Waals surface area contributed by atoms with E-state index >= 15 is 0 Å². The highest BCUT2D eigenvalue weighted by atomic mass is 32.1. The summed E-state index contributed by atoms with van der Waals surface area (Å²) in [6.45, 7) is 15.2. The molecule has 0 saturated heterocycles. The lowest BCUT2D eigenvalue weighted by molar-refractivity contribution is -0.662. The van der Waals surface area contributed by atoms with Gasteiger partial charge in [-0.1, -0.05) is 78.6 Å². The molecule has 5 aromatic rings. The van der Waals surface area contributed by atoms with E-state index in [1.54, 1.807) is 11.3 Å². The van der Waals surface area contributed by atoms with Crippen LogP contribution < -0.4 is 4.57 Å². The van der Waals surface area contributed by atoms with Crippen molar-refractivity contribution in [2.45, 2.75) is 90.9 Å². The molecule has 1 fully saturated rings. The molecule has 40 heavy (non-hydrogen) atoms. The molecule has 1 aliphatic rings. The first-order valence-electron chi connectivity index (χ1n) is 14.5. The number of thiophene rings is 1. The molecule has 0 unspecified atom stereocenters. The minimum absolute atomic E-state index is 0.187. The summed E-state index contributed by atoms with van der Waals surface area (Å²) in [5.74, 6) is 2.97. The molecular weight excluding hydrogens is 510 g/mol. The Morgan fingerprint density at radius 2 is 1.48 bits per heavy atom. The van der Waals surface area contributed by atoms with Crippen LogP contribution in [-0.4, -0.2) is 19.9 Å². The van der Waals surface area contributed by atoms with Crippen molar-refractivity contribution in [3.63, 3.8) is 0 Å². The number of nitrogens with zero attached hydrogens (tertiary/aromatic N) is 5. The summed E-state index contributed by atoms with van der Waals surface area (Å²) in [7, 11) is 2.11. The molecule has 0 spiro atoms. The number of rotatable bonds is 3. The number of hydrogen-bond acceptors (Lipinski definition) is 5. The molecule has 0 radical (unpaired) electrons. The van der Waals surface area contributed by atoms with Crippen molar-refractivity contribution in [2.24, 2.45) is 7.05 Å². The first-order chi connectivity index (χ1) is 18.9. The first kappa shape index (κ1) is 26.9. The summed E-state index contributed by atoms with van der Waals surface area (Å²) in [4.78, 5) is 19.8. The van der Waals surface area contributed by atoms with E-state index < -0.39 is 0 Å². The summed E-state index contributed by atoms with van der Waals surface area (Å²) in [5.41, 5.74) is 6.89. The number of hydrogen-bond donors (Lipinski definition) is 0. The topological polar surface area (TPSA) is 55.4 Å². The summed E-state index contributed by atoms with van der Waals surface area (Å²) in [5, 5.41) is 4.94. The Balaban J connectivity index is 1.60. The summed E-state index contributed by atoms with van der Waals surface area (Å²) in [6.07, 6.45) is 7.15. The minimum atomic E-state index is -0.187. The maximum atomic E-state index is 5.00. The smallest absolute Gasteiger partial charge is 0.231 e. The lowest BCUT2D eigenvalue weighted by atomic mass is 9.87. The van der Waals surface area contributed by atoms with Gasteiger partial charge in [0.05, 0.1) is 12.6 Å². The molecule has 0 amide bonds. The second-order valence-electron chi connectivity index (χ2n) is 13.5. The lowest BCUT2D eigenvalue weighted by Gasteiger charge is -2.22. The maximum Gasteiger partial charge on any atom is 0.287 e. The first-order valence-corrected chi connectivity index (χ1v) is 15.4. The van der Waals surface area contributed by atoms with Crippen LogP contribution in [0.25, 0.3) is 43.6 Å². The third-order valence-corrected chi connectivity index (χ3v) is 9.28. The van der Waals surface area contributed by atoms with E-state index in [9.17, 15) is 0 Å². The average molecular weight is 551 g/mol. The van der Waals surface area contributed by atoms with Gasteiger partial charge in [-0.2, -0.15) is 0 Å². The van der Waals surface area contributed by atoms with Crippen LogP contribution >= 0.6 is 11.3 Å². The molecule has 0 atom stereocenters. The van der Waals surface area contributed by atoms with Crippen LogP contribution in [0, 0.1) is 6.92 Å². The van der Waals surface area contributed by atoms with Gasteiger partial charge in [-0.3, -0.25) is 0 Å². The summed E-state index contributed by atoms with van der Waals surface area (Å²) < 4.78 is 3.36. The highest BCUT2D eigenvalue weighted by molar-refractivity contribution is 7.18. The molecule has 2 aromatic carbocycles. The molecule has 0 aliphatic heterocycles. The third kappa shape index (κ3) is 4.60. The molecule has 6 rings (SSSR count). The molecular formula is C34H40N5S+. The Hall–Kier alpha value is -3.25. The van der Waals surface area contributed by atoms with Crippen LogP contribution in [0.4, 0.5) is 0 Å². The van der Waals surface area contributed by atoms with Crippen LogP contribution in [0.3, 0.4) is 0 Å². The van der Waals surface area contributed by atoms with Gasteiger partial charge in [0.1, 0.15) is 16.3 Å². The fourth-order valence-corrected chi connectivity index (χ4v) is 7.11. The van der Waals surface area contributed by atoms with E-state index in [2.05, 4.69) is 95.8 Å². The zero-order valence-corrected chi connectivity index (χ0v) is 25.9. The van der Waals surface area contributed by atoms with Crippen molar-refractivity contribution in [3.05, 3.63) is 64.8 Å². The van der Waals surface area contributed by atoms with Gasteiger partial charge in [-0.05, 0) is 58.6 Å². The zero-order chi connectivity index (χ0) is 28.4. The predicted molar refractivity (Wildman–Crippen MR) is 166 cm³/mol. The summed E-state index contributed by atoms with van der Waals surface area (Å²) >= 11 is 1.74. The largest absolute Gasteiger partial charge is 0.287 e. The quantitative estimate of drug-likeness (QED) is 0.212. The Morgan fingerprint density at radius 3 is 2.10 bits per heavy atom. The number of benzene rings is 2. The molecule has 0 N–H and O–H groups in total. The second-order valence-corrected chi connectivity index (χ2v) is 14.4. The second kappa shape index (κ2) is 9.69. The Morgan fingerprint density at radius 1 is 0.850 bits per heavy atom. The van der Waals surface area contributed by atoms with Crippen molar-refractivity contribution >= 4 is 32.3 Å². The molecule has 3 aromatic heterocycles.